The minimum atomic E-state index is -5.45. The van der Waals surface area contributed by atoms with Crippen molar-refractivity contribution in [1.82, 2.24) is 5.32 Å². The molecule has 1 atom stereocenters. The standard InChI is InChI=1S/C12H11ClF3NO4/c1-2-21-10(19)11(20,12(14,15)16)17-9(18)7-4-3-5-8(13)6-7/h3-6,20H,2H2,1H3,(H,17,18). The van der Waals surface area contributed by atoms with Gasteiger partial charge >= 0.3 is 17.9 Å². The lowest BCUT2D eigenvalue weighted by atomic mass is 10.1. The van der Waals surface area contributed by atoms with E-state index in [4.69, 9.17) is 11.6 Å². The molecule has 0 saturated heterocycles. The average Bonchev–Trinajstić information content (AvgIpc) is 2.37. The van der Waals surface area contributed by atoms with Crippen LogP contribution >= 0.6 is 11.6 Å². The summed E-state index contributed by atoms with van der Waals surface area (Å²) in [6.45, 7) is 0.859. The summed E-state index contributed by atoms with van der Waals surface area (Å²) in [5, 5.41) is 10.8. The van der Waals surface area contributed by atoms with Crippen molar-refractivity contribution < 1.29 is 32.6 Å². The maximum absolute atomic E-state index is 12.8. The summed E-state index contributed by atoms with van der Waals surface area (Å²) in [6, 6.07) is 4.98. The Morgan fingerprint density at radius 3 is 2.48 bits per heavy atom. The third kappa shape index (κ3) is 3.85. The first kappa shape index (κ1) is 17.3. The summed E-state index contributed by atoms with van der Waals surface area (Å²) in [5.41, 5.74) is -4.39. The molecule has 0 bridgehead atoms. The summed E-state index contributed by atoms with van der Waals surface area (Å²) in [4.78, 5) is 23.0. The molecule has 0 aliphatic carbocycles. The van der Waals surface area contributed by atoms with Crippen molar-refractivity contribution in [3.63, 3.8) is 0 Å². The summed E-state index contributed by atoms with van der Waals surface area (Å²) < 4.78 is 42.7. The number of esters is 1. The van der Waals surface area contributed by atoms with Crippen molar-refractivity contribution in [2.75, 3.05) is 6.61 Å². The van der Waals surface area contributed by atoms with E-state index in [2.05, 4.69) is 4.74 Å². The smallest absolute Gasteiger partial charge is 0.448 e. The highest BCUT2D eigenvalue weighted by molar-refractivity contribution is 6.31. The van der Waals surface area contributed by atoms with E-state index >= 15 is 0 Å². The van der Waals surface area contributed by atoms with Crippen molar-refractivity contribution in [3.8, 4) is 0 Å². The fourth-order valence-corrected chi connectivity index (χ4v) is 1.53. The van der Waals surface area contributed by atoms with Crippen LogP contribution in [-0.4, -0.2) is 35.5 Å². The number of alkyl halides is 3. The maximum Gasteiger partial charge on any atom is 0.448 e. The van der Waals surface area contributed by atoms with Crippen LogP contribution in [0.5, 0.6) is 0 Å². The van der Waals surface area contributed by atoms with Crippen LogP contribution < -0.4 is 5.32 Å². The number of amides is 1. The lowest BCUT2D eigenvalue weighted by Crippen LogP contribution is -2.64. The minimum absolute atomic E-state index is 0.106. The number of ether oxygens (including phenoxy) is 1. The van der Waals surface area contributed by atoms with Crippen molar-refractivity contribution >= 4 is 23.5 Å². The highest BCUT2D eigenvalue weighted by Gasteiger charge is 2.62. The molecule has 1 rings (SSSR count). The Labute approximate surface area is 122 Å². The zero-order valence-corrected chi connectivity index (χ0v) is 11.5. The molecule has 0 heterocycles. The largest absolute Gasteiger partial charge is 0.462 e. The number of rotatable bonds is 4. The Morgan fingerprint density at radius 2 is 2.00 bits per heavy atom. The van der Waals surface area contributed by atoms with Crippen LogP contribution in [-0.2, 0) is 9.53 Å². The van der Waals surface area contributed by atoms with Gasteiger partial charge in [-0.1, -0.05) is 17.7 Å². The second-order valence-electron chi connectivity index (χ2n) is 3.89. The SMILES string of the molecule is CCOC(=O)C(O)(NC(=O)c1cccc(Cl)c1)C(F)(F)F. The zero-order chi connectivity index (χ0) is 16.3. The topological polar surface area (TPSA) is 75.6 Å². The van der Waals surface area contributed by atoms with E-state index in [0.717, 1.165) is 6.07 Å². The van der Waals surface area contributed by atoms with Crippen LogP contribution in [0.3, 0.4) is 0 Å². The normalized spacial score (nSPS) is 14.2. The first-order valence-electron chi connectivity index (χ1n) is 5.66. The molecule has 0 spiro atoms. The molecule has 1 amide bonds. The number of nitrogens with one attached hydrogen (secondary N) is 1. The van der Waals surface area contributed by atoms with Gasteiger partial charge in [0.15, 0.2) is 0 Å². The number of hydrogen-bond donors (Lipinski definition) is 2. The number of benzene rings is 1. The first-order valence-corrected chi connectivity index (χ1v) is 6.04. The number of carbonyl (C=O) groups is 2. The summed E-state index contributed by atoms with van der Waals surface area (Å²) in [6.07, 6.45) is -5.45. The molecule has 1 aromatic rings. The lowest BCUT2D eigenvalue weighted by Gasteiger charge is -2.28. The second-order valence-corrected chi connectivity index (χ2v) is 4.33. The number of halogens is 4. The molecule has 1 unspecified atom stereocenters. The highest BCUT2D eigenvalue weighted by atomic mass is 35.5. The summed E-state index contributed by atoms with van der Waals surface area (Å²) >= 11 is 5.61. The van der Waals surface area contributed by atoms with Gasteiger partial charge in [-0.05, 0) is 25.1 Å². The van der Waals surface area contributed by atoms with E-state index in [1.807, 2.05) is 0 Å². The Kier molecular flexibility index (Phi) is 5.19. The van der Waals surface area contributed by atoms with Crippen LogP contribution in [0.2, 0.25) is 5.02 Å². The number of aliphatic hydroxyl groups is 1. The molecule has 1 aromatic carbocycles. The highest BCUT2D eigenvalue weighted by Crippen LogP contribution is 2.30. The third-order valence-electron chi connectivity index (χ3n) is 2.36. The minimum Gasteiger partial charge on any atom is -0.462 e. The molecular weight excluding hydrogens is 315 g/mol. The Bertz CT molecular complexity index is 550. The Balaban J connectivity index is 3.08. The van der Waals surface area contributed by atoms with Gasteiger partial charge in [0.2, 0.25) is 0 Å². The second kappa shape index (κ2) is 6.31. The van der Waals surface area contributed by atoms with Gasteiger partial charge in [-0.2, -0.15) is 13.2 Å². The number of carbonyl (C=O) groups excluding carboxylic acids is 2. The van der Waals surface area contributed by atoms with E-state index in [1.165, 1.54) is 30.4 Å². The fraction of sp³-hybridized carbons (Fsp3) is 0.333. The number of hydrogen-bond acceptors (Lipinski definition) is 4. The van der Waals surface area contributed by atoms with Gasteiger partial charge in [0.25, 0.3) is 5.91 Å². The lowest BCUT2D eigenvalue weighted by molar-refractivity contribution is -0.269. The van der Waals surface area contributed by atoms with Crippen LogP contribution in [0, 0.1) is 0 Å². The maximum atomic E-state index is 12.8. The molecule has 9 heteroatoms. The molecule has 0 aromatic heterocycles. The van der Waals surface area contributed by atoms with Crippen LogP contribution in [0.15, 0.2) is 24.3 Å². The molecule has 2 N–H and O–H groups in total. The van der Waals surface area contributed by atoms with Crippen LogP contribution in [0.4, 0.5) is 13.2 Å². The van der Waals surface area contributed by atoms with Gasteiger partial charge in [0.1, 0.15) is 0 Å². The van der Waals surface area contributed by atoms with Gasteiger partial charge in [0, 0.05) is 10.6 Å². The van der Waals surface area contributed by atoms with Gasteiger partial charge in [0.05, 0.1) is 6.61 Å². The van der Waals surface area contributed by atoms with Gasteiger partial charge in [-0.25, -0.2) is 4.79 Å². The van der Waals surface area contributed by atoms with Crippen molar-refractivity contribution in [2.24, 2.45) is 0 Å². The predicted molar refractivity (Wildman–Crippen MR) is 66.6 cm³/mol. The van der Waals surface area contributed by atoms with Gasteiger partial charge in [-0.3, -0.25) is 4.79 Å². The van der Waals surface area contributed by atoms with E-state index in [1.54, 1.807) is 0 Å². The predicted octanol–water partition coefficient (Wildman–Crippen LogP) is 1.88. The molecular formula is C12H11ClF3NO4. The van der Waals surface area contributed by atoms with Gasteiger partial charge in [-0.15, -0.1) is 0 Å². The van der Waals surface area contributed by atoms with Crippen molar-refractivity contribution in [1.29, 1.82) is 0 Å². The first-order chi connectivity index (χ1) is 9.61. The summed E-state index contributed by atoms with van der Waals surface area (Å²) in [5.74, 6) is -3.35. The average molecular weight is 326 g/mol. The van der Waals surface area contributed by atoms with Crippen molar-refractivity contribution in [2.45, 2.75) is 18.8 Å². The fourth-order valence-electron chi connectivity index (χ4n) is 1.34. The third-order valence-corrected chi connectivity index (χ3v) is 2.60. The molecule has 0 fully saturated rings. The molecule has 0 radical (unpaired) electrons. The van der Waals surface area contributed by atoms with Crippen molar-refractivity contribution in [3.05, 3.63) is 34.9 Å². The van der Waals surface area contributed by atoms with Crippen LogP contribution in [0.25, 0.3) is 0 Å². The van der Waals surface area contributed by atoms with E-state index in [-0.39, 0.29) is 10.6 Å². The van der Waals surface area contributed by atoms with Crippen LogP contribution in [0.1, 0.15) is 17.3 Å². The molecule has 21 heavy (non-hydrogen) atoms. The van der Waals surface area contributed by atoms with E-state index in [9.17, 15) is 27.9 Å². The molecule has 0 saturated carbocycles. The van der Waals surface area contributed by atoms with E-state index < -0.39 is 30.4 Å². The molecule has 116 valence electrons. The Hall–Kier alpha value is -1.80. The molecule has 5 nitrogen and oxygen atoms in total. The zero-order valence-electron chi connectivity index (χ0n) is 10.7. The molecule has 0 aliphatic rings. The monoisotopic (exact) mass is 325 g/mol. The molecule has 0 aliphatic heterocycles. The van der Waals surface area contributed by atoms with Gasteiger partial charge < -0.3 is 15.2 Å². The Morgan fingerprint density at radius 1 is 1.38 bits per heavy atom. The quantitative estimate of drug-likeness (QED) is 0.655. The summed E-state index contributed by atoms with van der Waals surface area (Å²) in [7, 11) is 0. The van der Waals surface area contributed by atoms with E-state index in [0.29, 0.717) is 0 Å².